The van der Waals surface area contributed by atoms with Crippen LogP contribution in [0.3, 0.4) is 0 Å². The van der Waals surface area contributed by atoms with Crippen molar-refractivity contribution in [3.63, 3.8) is 0 Å². The Hall–Kier alpha value is -4.26. The number of benzene rings is 2. The molecule has 4 aromatic rings. The molecule has 5 atom stereocenters. The summed E-state index contributed by atoms with van der Waals surface area (Å²) in [7, 11) is 0. The van der Waals surface area contributed by atoms with Crippen molar-refractivity contribution in [2.45, 2.75) is 68.8 Å². The average molecular weight is 603 g/mol. The second-order valence-electron chi connectivity index (χ2n) is 13.3. The fraction of sp³-hybridized carbons (Fsp3) is 0.417. The third-order valence-corrected chi connectivity index (χ3v) is 10.9. The Balaban J connectivity index is 1.25. The molecule has 4 saturated heterocycles. The Morgan fingerprint density at radius 2 is 2.02 bits per heavy atom. The molecule has 8 nitrogen and oxygen atoms in total. The summed E-state index contributed by atoms with van der Waals surface area (Å²) in [6, 6.07) is 12.2. The fourth-order valence-electron chi connectivity index (χ4n) is 8.80. The number of fused-ring (bicyclic) bond motifs is 7. The van der Waals surface area contributed by atoms with Gasteiger partial charge in [0.15, 0.2) is 5.82 Å². The van der Waals surface area contributed by atoms with Gasteiger partial charge in [0, 0.05) is 41.7 Å². The van der Waals surface area contributed by atoms with E-state index in [9.17, 15) is 0 Å². The smallest absolute Gasteiger partial charge is 0.319 e. The molecular formula is C36H35FN6O2. The van der Waals surface area contributed by atoms with Gasteiger partial charge in [-0.05, 0) is 57.0 Å². The van der Waals surface area contributed by atoms with Gasteiger partial charge >= 0.3 is 6.01 Å². The minimum Gasteiger partial charge on any atom is -0.472 e. The van der Waals surface area contributed by atoms with Crippen molar-refractivity contribution < 1.29 is 13.9 Å². The molecule has 9 rings (SSSR count). The predicted molar refractivity (Wildman–Crippen MR) is 172 cm³/mol. The van der Waals surface area contributed by atoms with Gasteiger partial charge in [-0.3, -0.25) is 4.90 Å². The van der Waals surface area contributed by atoms with E-state index in [4.69, 9.17) is 30.8 Å². The molecule has 4 unspecified atom stereocenters. The van der Waals surface area contributed by atoms with Crippen molar-refractivity contribution in [3.05, 3.63) is 59.9 Å². The first-order chi connectivity index (χ1) is 21.9. The molecule has 0 amide bonds. The Morgan fingerprint density at radius 3 is 2.89 bits per heavy atom. The summed E-state index contributed by atoms with van der Waals surface area (Å²) in [4.78, 5) is 19.5. The third kappa shape index (κ3) is 3.88. The van der Waals surface area contributed by atoms with Crippen LogP contribution in [0.1, 0.15) is 44.6 Å². The van der Waals surface area contributed by atoms with Crippen molar-refractivity contribution in [3.8, 4) is 35.5 Å². The van der Waals surface area contributed by atoms with E-state index in [0.29, 0.717) is 40.9 Å². The minimum atomic E-state index is -0.541. The third-order valence-electron chi connectivity index (χ3n) is 10.9. The van der Waals surface area contributed by atoms with Crippen LogP contribution in [0, 0.1) is 18.2 Å². The monoisotopic (exact) mass is 602 g/mol. The number of aromatic nitrogens is 3. The van der Waals surface area contributed by atoms with Gasteiger partial charge < -0.3 is 19.7 Å². The number of nitrogens with one attached hydrogen (secondary N) is 1. The maximum absolute atomic E-state index is 17.1. The zero-order chi connectivity index (χ0) is 30.4. The van der Waals surface area contributed by atoms with E-state index in [1.807, 2.05) is 36.4 Å². The molecule has 45 heavy (non-hydrogen) atoms. The maximum atomic E-state index is 17.1. The number of halogens is 1. The standard InChI is InChI=1S/C36H35FN6O2/c1-4-22-8-5-9-23-10-6-11-25(27(22)23)30-29(37)31-28-33(41-35(40-31)44-19-36-15-7-16-42(36)17-14-20(36)2)43-18-24-12-13-26(38-24)32(43)21(3)45-34(28)39-30/h1,5-6,8-11,21,24,26,32,38H,2,7,12-19H2,3H3/t21?,24?,26?,32?,36-/m0/s1. The lowest BCUT2D eigenvalue weighted by molar-refractivity contribution is 0.130. The van der Waals surface area contributed by atoms with Crippen molar-refractivity contribution in [1.29, 1.82) is 0 Å². The molecule has 5 aliphatic heterocycles. The van der Waals surface area contributed by atoms with Gasteiger partial charge in [0.1, 0.15) is 35.1 Å². The molecule has 9 heteroatoms. The highest BCUT2D eigenvalue weighted by Crippen LogP contribution is 2.46. The van der Waals surface area contributed by atoms with E-state index in [1.165, 1.54) is 5.57 Å². The molecule has 2 aromatic heterocycles. The highest BCUT2D eigenvalue weighted by molar-refractivity contribution is 6.03. The molecule has 7 heterocycles. The molecule has 0 saturated carbocycles. The average Bonchev–Trinajstić information content (AvgIpc) is 3.72. The summed E-state index contributed by atoms with van der Waals surface area (Å²) < 4.78 is 30.2. The number of pyridine rings is 1. The molecule has 228 valence electrons. The number of hydrogen-bond acceptors (Lipinski definition) is 8. The van der Waals surface area contributed by atoms with Crippen LogP contribution in [0.15, 0.2) is 48.6 Å². The lowest BCUT2D eigenvalue weighted by atomic mass is 9.91. The molecule has 2 aromatic carbocycles. The van der Waals surface area contributed by atoms with Crippen molar-refractivity contribution in [2.75, 3.05) is 31.1 Å². The zero-order valence-electron chi connectivity index (χ0n) is 25.4. The van der Waals surface area contributed by atoms with Gasteiger partial charge in [0.05, 0.1) is 11.6 Å². The predicted octanol–water partition coefficient (Wildman–Crippen LogP) is 5.23. The maximum Gasteiger partial charge on any atom is 0.319 e. The Kier molecular flexibility index (Phi) is 5.94. The minimum absolute atomic E-state index is 0.000429. The van der Waals surface area contributed by atoms with Crippen molar-refractivity contribution in [2.24, 2.45) is 0 Å². The van der Waals surface area contributed by atoms with E-state index in [2.05, 4.69) is 34.5 Å². The topological polar surface area (TPSA) is 75.6 Å². The van der Waals surface area contributed by atoms with Crippen LogP contribution in [-0.2, 0) is 0 Å². The van der Waals surface area contributed by atoms with E-state index in [0.717, 1.165) is 62.5 Å². The molecule has 0 spiro atoms. The molecule has 1 N–H and O–H groups in total. The summed E-state index contributed by atoms with van der Waals surface area (Å²) in [5.74, 6) is 3.20. The first kappa shape index (κ1) is 27.1. The first-order valence-electron chi connectivity index (χ1n) is 16.1. The summed E-state index contributed by atoms with van der Waals surface area (Å²) >= 11 is 0. The quantitative estimate of drug-likeness (QED) is 0.252. The van der Waals surface area contributed by atoms with Gasteiger partial charge in [0.2, 0.25) is 5.88 Å². The second kappa shape index (κ2) is 9.87. The zero-order valence-corrected chi connectivity index (χ0v) is 25.4. The number of piperazine rings is 1. The number of anilines is 1. The summed E-state index contributed by atoms with van der Waals surface area (Å²) in [5.41, 5.74) is 2.55. The van der Waals surface area contributed by atoms with Crippen LogP contribution in [0.25, 0.3) is 32.9 Å². The lowest BCUT2D eigenvalue weighted by Gasteiger charge is -2.42. The van der Waals surface area contributed by atoms with Gasteiger partial charge in [0.25, 0.3) is 0 Å². The molecule has 0 aliphatic carbocycles. The number of terminal acetylenes is 1. The van der Waals surface area contributed by atoms with Crippen LogP contribution in [0.5, 0.6) is 11.9 Å². The SMILES string of the molecule is C#Cc1cccc2cccc(-c3nc4c5c(nc(OC[C@]67CCCN6CCC7=C)nc5c3F)N3CC5CCC(N5)C3C(C)O4)c12. The number of ether oxygens (including phenoxy) is 2. The van der Waals surface area contributed by atoms with Gasteiger partial charge in [-0.15, -0.1) is 6.42 Å². The van der Waals surface area contributed by atoms with Crippen LogP contribution in [-0.4, -0.2) is 75.9 Å². The van der Waals surface area contributed by atoms with Crippen LogP contribution < -0.4 is 19.7 Å². The van der Waals surface area contributed by atoms with Crippen molar-refractivity contribution >= 4 is 27.5 Å². The van der Waals surface area contributed by atoms with E-state index in [1.54, 1.807) is 0 Å². The Bertz CT molecular complexity index is 1950. The Morgan fingerprint density at radius 1 is 1.16 bits per heavy atom. The highest BCUT2D eigenvalue weighted by Gasteiger charge is 2.49. The summed E-state index contributed by atoms with van der Waals surface area (Å²) in [6.07, 6.45) is 10.9. The lowest BCUT2D eigenvalue weighted by Crippen LogP contribution is -2.62. The van der Waals surface area contributed by atoms with Gasteiger partial charge in [-0.2, -0.15) is 9.97 Å². The van der Waals surface area contributed by atoms with Crippen LogP contribution in [0.4, 0.5) is 10.2 Å². The number of nitrogens with zero attached hydrogens (tertiary/aromatic N) is 5. The number of rotatable bonds is 4. The largest absolute Gasteiger partial charge is 0.472 e. The second-order valence-corrected chi connectivity index (χ2v) is 13.3. The van der Waals surface area contributed by atoms with Gasteiger partial charge in [-0.25, -0.2) is 9.37 Å². The molecule has 4 fully saturated rings. The van der Waals surface area contributed by atoms with E-state index < -0.39 is 5.82 Å². The fourth-order valence-corrected chi connectivity index (χ4v) is 8.80. The van der Waals surface area contributed by atoms with Gasteiger partial charge in [-0.1, -0.05) is 48.4 Å². The van der Waals surface area contributed by atoms with Crippen LogP contribution in [0.2, 0.25) is 0 Å². The van der Waals surface area contributed by atoms with Crippen molar-refractivity contribution in [1.82, 2.24) is 25.2 Å². The normalized spacial score (nSPS) is 28.6. The molecule has 0 radical (unpaired) electrons. The highest BCUT2D eigenvalue weighted by atomic mass is 19.1. The summed E-state index contributed by atoms with van der Waals surface area (Å²) in [6.45, 7) is 9.63. The molecule has 2 bridgehead atoms. The Labute approximate surface area is 261 Å². The molecule has 5 aliphatic rings. The first-order valence-corrected chi connectivity index (χ1v) is 16.1. The molecular weight excluding hydrogens is 567 g/mol. The number of hydrogen-bond donors (Lipinski definition) is 1. The van der Waals surface area contributed by atoms with Crippen LogP contribution >= 0.6 is 0 Å². The summed E-state index contributed by atoms with van der Waals surface area (Å²) in [5, 5.41) is 5.94. The van der Waals surface area contributed by atoms with E-state index in [-0.39, 0.29) is 40.9 Å². The van der Waals surface area contributed by atoms with E-state index >= 15 is 4.39 Å².